The Morgan fingerprint density at radius 1 is 0.300 bits per heavy atom. The van der Waals surface area contributed by atoms with E-state index in [-0.39, 0.29) is 0 Å². The number of nitrogens with zero attached hydrogens (tertiary/aromatic N) is 1. The predicted molar refractivity (Wildman–Crippen MR) is 210 cm³/mol. The van der Waals surface area contributed by atoms with Gasteiger partial charge >= 0.3 is 0 Å². The van der Waals surface area contributed by atoms with Gasteiger partial charge < -0.3 is 9.32 Å². The van der Waals surface area contributed by atoms with Gasteiger partial charge in [-0.1, -0.05) is 158 Å². The van der Waals surface area contributed by atoms with Crippen LogP contribution < -0.4 is 4.90 Å². The predicted octanol–water partition coefficient (Wildman–Crippen LogP) is 13.7. The van der Waals surface area contributed by atoms with Gasteiger partial charge in [0.05, 0.1) is 0 Å². The molecule has 0 N–H and O–H groups in total. The van der Waals surface area contributed by atoms with Crippen molar-refractivity contribution in [1.29, 1.82) is 0 Å². The lowest BCUT2D eigenvalue weighted by Crippen LogP contribution is -2.10. The Balaban J connectivity index is 1.09. The fourth-order valence-electron chi connectivity index (χ4n) is 6.96. The second-order valence-corrected chi connectivity index (χ2v) is 12.6. The van der Waals surface area contributed by atoms with Crippen LogP contribution in [0.1, 0.15) is 0 Å². The van der Waals surface area contributed by atoms with Crippen molar-refractivity contribution in [3.8, 4) is 44.5 Å². The highest BCUT2D eigenvalue weighted by Gasteiger charge is 2.16. The van der Waals surface area contributed by atoms with E-state index in [0.29, 0.717) is 0 Å². The van der Waals surface area contributed by atoms with Gasteiger partial charge in [-0.25, -0.2) is 0 Å². The first-order chi connectivity index (χ1) is 24.8. The number of fused-ring (bicyclic) bond motifs is 3. The lowest BCUT2D eigenvalue weighted by molar-refractivity contribution is 0.670. The Bertz CT molecular complexity index is 2550. The summed E-state index contributed by atoms with van der Waals surface area (Å²) in [5, 5.41) is 2.28. The Kier molecular flexibility index (Phi) is 7.53. The number of hydrogen-bond donors (Lipinski definition) is 0. The smallest absolute Gasteiger partial charge is 0.143 e. The Morgan fingerprint density at radius 3 is 1.40 bits per heavy atom. The molecule has 0 aliphatic heterocycles. The summed E-state index contributed by atoms with van der Waals surface area (Å²) in [4.78, 5) is 2.33. The Hall–Kier alpha value is -6.64. The molecule has 0 fully saturated rings. The zero-order valence-corrected chi connectivity index (χ0v) is 27.4. The molecule has 0 atom stereocenters. The van der Waals surface area contributed by atoms with E-state index in [2.05, 4.69) is 193 Å². The van der Waals surface area contributed by atoms with Crippen LogP contribution >= 0.6 is 0 Å². The van der Waals surface area contributed by atoms with Crippen LogP contribution in [0.5, 0.6) is 0 Å². The molecule has 236 valence electrons. The molecule has 0 saturated carbocycles. The molecule has 0 aliphatic carbocycles. The number of rotatable bonds is 7. The lowest BCUT2D eigenvalue weighted by atomic mass is 9.99. The van der Waals surface area contributed by atoms with Crippen LogP contribution in [0.15, 0.2) is 205 Å². The van der Waals surface area contributed by atoms with E-state index in [1.807, 2.05) is 12.1 Å². The number of furan rings is 1. The van der Waals surface area contributed by atoms with Gasteiger partial charge in [0.25, 0.3) is 0 Å². The van der Waals surface area contributed by atoms with Crippen LogP contribution in [0.2, 0.25) is 0 Å². The van der Waals surface area contributed by atoms with Crippen molar-refractivity contribution in [2.24, 2.45) is 0 Å². The first kappa shape index (κ1) is 29.5. The summed E-state index contributed by atoms with van der Waals surface area (Å²) in [7, 11) is 0. The molecule has 0 amide bonds. The van der Waals surface area contributed by atoms with Gasteiger partial charge in [-0.3, -0.25) is 0 Å². The van der Waals surface area contributed by atoms with Gasteiger partial charge in [-0.05, 0) is 81.4 Å². The maximum atomic E-state index is 6.38. The van der Waals surface area contributed by atoms with Crippen LogP contribution in [0.4, 0.5) is 17.1 Å². The van der Waals surface area contributed by atoms with E-state index in [1.165, 1.54) is 33.4 Å². The highest BCUT2D eigenvalue weighted by atomic mass is 16.3. The molecule has 1 aromatic heterocycles. The van der Waals surface area contributed by atoms with Gasteiger partial charge in [-0.2, -0.15) is 0 Å². The molecule has 2 nitrogen and oxygen atoms in total. The molecule has 0 radical (unpaired) electrons. The van der Waals surface area contributed by atoms with E-state index >= 15 is 0 Å². The second kappa shape index (κ2) is 12.8. The number of para-hydroxylation sites is 2. The zero-order chi connectivity index (χ0) is 33.3. The first-order valence-corrected chi connectivity index (χ1v) is 17.0. The summed E-state index contributed by atoms with van der Waals surface area (Å²) < 4.78 is 6.38. The number of hydrogen-bond acceptors (Lipinski definition) is 2. The SMILES string of the molecule is c1ccc(-c2ccc(-c3ccc(N(c4ccc(-c5cccc6c5oc5ccccc56)cc4)c4cccc(-c5ccccc5)c4)cc3)cc2)cc1. The summed E-state index contributed by atoms with van der Waals surface area (Å²) >= 11 is 0. The Morgan fingerprint density at radius 2 is 0.760 bits per heavy atom. The van der Waals surface area contributed by atoms with Crippen LogP contribution in [-0.2, 0) is 0 Å². The number of anilines is 3. The van der Waals surface area contributed by atoms with Crippen molar-refractivity contribution >= 4 is 39.0 Å². The molecule has 0 spiro atoms. The van der Waals surface area contributed by atoms with Crippen molar-refractivity contribution in [2.75, 3.05) is 4.90 Å². The molecule has 50 heavy (non-hydrogen) atoms. The quantitative estimate of drug-likeness (QED) is 0.173. The van der Waals surface area contributed by atoms with Gasteiger partial charge in [0.15, 0.2) is 0 Å². The zero-order valence-electron chi connectivity index (χ0n) is 27.4. The summed E-state index contributed by atoms with van der Waals surface area (Å²) in [6.45, 7) is 0. The van der Waals surface area contributed by atoms with Crippen molar-refractivity contribution < 1.29 is 4.42 Å². The monoisotopic (exact) mass is 639 g/mol. The number of benzene rings is 8. The summed E-state index contributed by atoms with van der Waals surface area (Å²) in [6.07, 6.45) is 0. The minimum absolute atomic E-state index is 0.909. The standard InChI is InChI=1S/C48H33NO/c1-3-11-34(12-4-1)36-21-23-37(24-22-36)38-25-29-41(30-26-38)49(43-16-9-15-40(33-43)35-13-5-2-6-14-35)42-31-27-39(28-32-42)44-18-10-19-46-45-17-7-8-20-47(45)50-48(44)46/h1-33H. The molecule has 0 saturated heterocycles. The molecule has 0 bridgehead atoms. The molecule has 1 heterocycles. The van der Waals surface area contributed by atoms with Crippen LogP contribution in [0, 0.1) is 0 Å². The fourth-order valence-corrected chi connectivity index (χ4v) is 6.96. The third-order valence-corrected chi connectivity index (χ3v) is 9.50. The largest absolute Gasteiger partial charge is 0.455 e. The van der Waals surface area contributed by atoms with E-state index < -0.39 is 0 Å². The van der Waals surface area contributed by atoms with Crippen LogP contribution in [0.3, 0.4) is 0 Å². The summed E-state index contributed by atoms with van der Waals surface area (Å²) in [5.41, 5.74) is 14.5. The van der Waals surface area contributed by atoms with Crippen LogP contribution in [-0.4, -0.2) is 0 Å². The average molecular weight is 640 g/mol. The first-order valence-electron chi connectivity index (χ1n) is 17.0. The van der Waals surface area contributed by atoms with E-state index in [4.69, 9.17) is 4.42 Å². The highest BCUT2D eigenvalue weighted by Crippen LogP contribution is 2.40. The van der Waals surface area contributed by atoms with Crippen molar-refractivity contribution in [1.82, 2.24) is 0 Å². The van der Waals surface area contributed by atoms with Gasteiger partial charge in [0.2, 0.25) is 0 Å². The van der Waals surface area contributed by atoms with Crippen molar-refractivity contribution in [3.63, 3.8) is 0 Å². The highest BCUT2D eigenvalue weighted by molar-refractivity contribution is 6.09. The van der Waals surface area contributed by atoms with Crippen LogP contribution in [0.25, 0.3) is 66.4 Å². The van der Waals surface area contributed by atoms with Crippen molar-refractivity contribution in [2.45, 2.75) is 0 Å². The van der Waals surface area contributed by atoms with E-state index in [1.54, 1.807) is 0 Å². The van der Waals surface area contributed by atoms with Crippen molar-refractivity contribution in [3.05, 3.63) is 200 Å². The maximum absolute atomic E-state index is 6.38. The average Bonchev–Trinajstić information content (AvgIpc) is 3.59. The van der Waals surface area contributed by atoms with Gasteiger partial charge in [0, 0.05) is 33.4 Å². The molecule has 8 aromatic carbocycles. The normalized spacial score (nSPS) is 11.2. The fraction of sp³-hybridized carbons (Fsp3) is 0. The molecule has 9 aromatic rings. The molecule has 0 unspecified atom stereocenters. The third kappa shape index (κ3) is 5.53. The molecular formula is C48H33NO. The van der Waals surface area contributed by atoms with Gasteiger partial charge in [0.1, 0.15) is 11.2 Å². The topological polar surface area (TPSA) is 16.4 Å². The van der Waals surface area contributed by atoms with E-state index in [9.17, 15) is 0 Å². The Labute approximate surface area is 292 Å². The summed E-state index contributed by atoms with van der Waals surface area (Å²) in [5.74, 6) is 0. The van der Waals surface area contributed by atoms with E-state index in [0.717, 1.165) is 50.1 Å². The lowest BCUT2D eigenvalue weighted by Gasteiger charge is -2.26. The molecule has 0 aliphatic rings. The maximum Gasteiger partial charge on any atom is 0.143 e. The minimum atomic E-state index is 0.909. The molecule has 9 rings (SSSR count). The molecule has 2 heteroatoms. The second-order valence-electron chi connectivity index (χ2n) is 12.6. The summed E-state index contributed by atoms with van der Waals surface area (Å²) in [6, 6.07) is 71.0. The molecular weight excluding hydrogens is 607 g/mol. The minimum Gasteiger partial charge on any atom is -0.455 e. The third-order valence-electron chi connectivity index (χ3n) is 9.50. The van der Waals surface area contributed by atoms with Gasteiger partial charge in [-0.15, -0.1) is 0 Å².